The monoisotopic (exact) mass is 445 g/mol. The molecule has 1 aliphatic heterocycles. The van der Waals surface area contributed by atoms with Gasteiger partial charge < -0.3 is 9.80 Å². The highest BCUT2D eigenvalue weighted by atomic mass is 16.2. The predicted octanol–water partition coefficient (Wildman–Crippen LogP) is 3.32. The van der Waals surface area contributed by atoms with E-state index in [1.165, 1.54) is 0 Å². The molecule has 0 saturated carbocycles. The molecule has 7 nitrogen and oxygen atoms in total. The van der Waals surface area contributed by atoms with Gasteiger partial charge in [0.25, 0.3) is 0 Å². The molecule has 1 fully saturated rings. The van der Waals surface area contributed by atoms with E-state index in [1.54, 1.807) is 11.1 Å². The lowest BCUT2D eigenvalue weighted by molar-refractivity contribution is -0.142. The molecule has 0 spiro atoms. The van der Waals surface area contributed by atoms with E-state index in [-0.39, 0.29) is 17.7 Å². The molecule has 2 aromatic heterocycles. The average molecular weight is 446 g/mol. The number of carbonyl (C=O) groups excluding carboxylic acids is 2. The van der Waals surface area contributed by atoms with E-state index in [0.717, 1.165) is 28.3 Å². The number of aromatic nitrogens is 3. The highest BCUT2D eigenvalue weighted by Crippen LogP contribution is 2.21. The Labute approximate surface area is 195 Å². The summed E-state index contributed by atoms with van der Waals surface area (Å²) in [5.41, 5.74) is 5.05. The van der Waals surface area contributed by atoms with Gasteiger partial charge in [-0.05, 0) is 56.2 Å². The van der Waals surface area contributed by atoms with Gasteiger partial charge in [0.05, 0.1) is 17.3 Å². The van der Waals surface area contributed by atoms with Crippen LogP contribution in [0, 0.1) is 19.8 Å². The van der Waals surface area contributed by atoms with Gasteiger partial charge in [-0.1, -0.05) is 18.2 Å². The van der Waals surface area contributed by atoms with E-state index in [9.17, 15) is 9.59 Å². The maximum absolute atomic E-state index is 13.2. The van der Waals surface area contributed by atoms with Crippen LogP contribution >= 0.6 is 0 Å². The molecule has 7 heteroatoms. The van der Waals surface area contributed by atoms with E-state index < -0.39 is 0 Å². The van der Waals surface area contributed by atoms with Crippen LogP contribution in [0.1, 0.15) is 35.5 Å². The highest BCUT2D eigenvalue weighted by Gasteiger charge is 2.31. The van der Waals surface area contributed by atoms with Gasteiger partial charge in [-0.2, -0.15) is 5.10 Å². The number of likely N-dealkylation sites (tertiary alicyclic amines) is 1. The Hall–Kier alpha value is -3.48. The summed E-state index contributed by atoms with van der Waals surface area (Å²) in [5, 5.41) is 4.56. The second kappa shape index (κ2) is 9.98. The van der Waals surface area contributed by atoms with Crippen LogP contribution in [0.4, 0.5) is 0 Å². The maximum Gasteiger partial charge on any atom is 0.227 e. The average Bonchev–Trinajstić information content (AvgIpc) is 3.16. The molecule has 4 rings (SSSR count). The Morgan fingerprint density at radius 1 is 1.15 bits per heavy atom. The van der Waals surface area contributed by atoms with E-state index in [2.05, 4.69) is 16.1 Å². The van der Waals surface area contributed by atoms with Crippen molar-refractivity contribution < 1.29 is 9.59 Å². The van der Waals surface area contributed by atoms with Gasteiger partial charge in [0.15, 0.2) is 0 Å². The molecule has 0 aliphatic carbocycles. The van der Waals surface area contributed by atoms with Crippen LogP contribution in [0.5, 0.6) is 0 Å². The smallest absolute Gasteiger partial charge is 0.227 e. The van der Waals surface area contributed by atoms with Gasteiger partial charge in [0.2, 0.25) is 11.8 Å². The van der Waals surface area contributed by atoms with E-state index in [4.69, 9.17) is 0 Å². The third-order valence-electron chi connectivity index (χ3n) is 6.17. The Morgan fingerprint density at radius 2 is 2.00 bits per heavy atom. The van der Waals surface area contributed by atoms with Crippen LogP contribution in [0.25, 0.3) is 5.69 Å². The highest BCUT2D eigenvalue weighted by molar-refractivity contribution is 5.83. The van der Waals surface area contributed by atoms with Crippen molar-refractivity contribution in [2.75, 3.05) is 20.1 Å². The fourth-order valence-electron chi connectivity index (χ4n) is 4.47. The summed E-state index contributed by atoms with van der Waals surface area (Å²) in [6.07, 6.45) is 3.48. The third kappa shape index (κ3) is 5.48. The van der Waals surface area contributed by atoms with Crippen LogP contribution in [-0.2, 0) is 22.6 Å². The Bertz CT molecular complexity index is 1120. The van der Waals surface area contributed by atoms with Crippen molar-refractivity contribution >= 4 is 11.8 Å². The first-order chi connectivity index (χ1) is 15.9. The SMILES string of the molecule is Cc1cc(C)n(-c2cccc(CN(C)C(=O)[C@H]3CCC(=O)N(CCc4ccccn4)C3)c2)n1. The van der Waals surface area contributed by atoms with Crippen molar-refractivity contribution in [3.63, 3.8) is 0 Å². The molecule has 0 radical (unpaired) electrons. The van der Waals surface area contributed by atoms with Crippen molar-refractivity contribution in [3.05, 3.63) is 77.4 Å². The normalized spacial score (nSPS) is 16.2. The number of hydrogen-bond acceptors (Lipinski definition) is 4. The number of hydrogen-bond donors (Lipinski definition) is 0. The lowest BCUT2D eigenvalue weighted by atomic mass is 9.95. The fraction of sp³-hybridized carbons (Fsp3) is 0.385. The molecule has 2 amide bonds. The van der Waals surface area contributed by atoms with E-state index in [0.29, 0.717) is 38.9 Å². The van der Waals surface area contributed by atoms with Crippen molar-refractivity contribution in [2.45, 2.75) is 39.7 Å². The zero-order valence-corrected chi connectivity index (χ0v) is 19.6. The Balaban J connectivity index is 1.38. The van der Waals surface area contributed by atoms with Crippen molar-refractivity contribution in [1.82, 2.24) is 24.6 Å². The lowest BCUT2D eigenvalue weighted by Gasteiger charge is -2.34. The molecule has 3 aromatic rings. The maximum atomic E-state index is 13.2. The number of carbonyl (C=O) groups is 2. The largest absolute Gasteiger partial charge is 0.342 e. The van der Waals surface area contributed by atoms with Crippen molar-refractivity contribution in [1.29, 1.82) is 0 Å². The van der Waals surface area contributed by atoms with Crippen molar-refractivity contribution in [3.8, 4) is 5.69 Å². The fourth-order valence-corrected chi connectivity index (χ4v) is 4.47. The van der Waals surface area contributed by atoms with Gasteiger partial charge in [-0.3, -0.25) is 14.6 Å². The van der Waals surface area contributed by atoms with E-state index >= 15 is 0 Å². The number of aryl methyl sites for hydroxylation is 2. The number of amides is 2. The van der Waals surface area contributed by atoms with Gasteiger partial charge in [-0.15, -0.1) is 0 Å². The summed E-state index contributed by atoms with van der Waals surface area (Å²) >= 11 is 0. The van der Waals surface area contributed by atoms with Gasteiger partial charge in [0, 0.05) is 57.1 Å². The zero-order valence-electron chi connectivity index (χ0n) is 19.6. The zero-order chi connectivity index (χ0) is 23.4. The number of benzene rings is 1. The standard InChI is InChI=1S/C26H31N5O2/c1-19-15-20(2)31(28-19)24-9-6-7-21(16-24)17-29(3)26(33)22-10-11-25(32)30(18-22)14-12-23-8-4-5-13-27-23/h4-9,13,15-16,22H,10-12,14,17-18H2,1-3H3/t22-/m0/s1. The Kier molecular flexibility index (Phi) is 6.87. The van der Waals surface area contributed by atoms with Gasteiger partial charge in [-0.25, -0.2) is 4.68 Å². The second-order valence-corrected chi connectivity index (χ2v) is 8.85. The predicted molar refractivity (Wildman–Crippen MR) is 127 cm³/mol. The minimum Gasteiger partial charge on any atom is -0.342 e. The molecular formula is C26H31N5O2. The van der Waals surface area contributed by atoms with Crippen LogP contribution in [-0.4, -0.2) is 56.5 Å². The molecular weight excluding hydrogens is 414 g/mol. The summed E-state index contributed by atoms with van der Waals surface area (Å²) in [6.45, 7) is 5.60. The van der Waals surface area contributed by atoms with Crippen LogP contribution in [0.3, 0.4) is 0 Å². The van der Waals surface area contributed by atoms with Crippen LogP contribution < -0.4 is 0 Å². The van der Waals surface area contributed by atoms with Crippen LogP contribution in [0.2, 0.25) is 0 Å². The Morgan fingerprint density at radius 3 is 2.73 bits per heavy atom. The van der Waals surface area contributed by atoms with Crippen LogP contribution in [0.15, 0.2) is 54.7 Å². The molecule has 3 heterocycles. The molecule has 1 aromatic carbocycles. The first kappa shape index (κ1) is 22.7. The molecule has 172 valence electrons. The summed E-state index contributed by atoms with van der Waals surface area (Å²) < 4.78 is 1.92. The minimum absolute atomic E-state index is 0.0850. The number of rotatable bonds is 7. The lowest BCUT2D eigenvalue weighted by Crippen LogP contribution is -2.46. The third-order valence-corrected chi connectivity index (χ3v) is 6.17. The first-order valence-corrected chi connectivity index (χ1v) is 11.5. The summed E-state index contributed by atoms with van der Waals surface area (Å²) in [6, 6.07) is 16.0. The first-order valence-electron chi connectivity index (χ1n) is 11.5. The molecule has 1 aliphatic rings. The minimum atomic E-state index is -0.171. The van der Waals surface area contributed by atoms with Gasteiger partial charge in [0.1, 0.15) is 0 Å². The summed E-state index contributed by atoms with van der Waals surface area (Å²) in [7, 11) is 1.84. The molecule has 0 bridgehead atoms. The summed E-state index contributed by atoms with van der Waals surface area (Å²) in [5.74, 6) is 0.0349. The van der Waals surface area contributed by atoms with E-state index in [1.807, 2.05) is 72.9 Å². The molecule has 0 N–H and O–H groups in total. The molecule has 0 unspecified atom stereocenters. The van der Waals surface area contributed by atoms with Crippen molar-refractivity contribution in [2.24, 2.45) is 5.92 Å². The summed E-state index contributed by atoms with van der Waals surface area (Å²) in [4.78, 5) is 33.5. The quantitative estimate of drug-likeness (QED) is 0.559. The number of pyridine rings is 1. The topological polar surface area (TPSA) is 71.3 Å². The molecule has 1 atom stereocenters. The number of nitrogens with zero attached hydrogens (tertiary/aromatic N) is 5. The number of piperidine rings is 1. The molecule has 33 heavy (non-hydrogen) atoms. The molecule has 1 saturated heterocycles. The van der Waals surface area contributed by atoms with Gasteiger partial charge >= 0.3 is 0 Å². The second-order valence-electron chi connectivity index (χ2n) is 8.85.